The summed E-state index contributed by atoms with van der Waals surface area (Å²) < 4.78 is 18.0. The molecule has 0 spiro atoms. The van der Waals surface area contributed by atoms with Crippen LogP contribution in [0.5, 0.6) is 5.75 Å². The summed E-state index contributed by atoms with van der Waals surface area (Å²) in [6.07, 6.45) is 2.31. The third-order valence-corrected chi connectivity index (χ3v) is 2.86. The summed E-state index contributed by atoms with van der Waals surface area (Å²) in [6, 6.07) is 11.2. The van der Waals surface area contributed by atoms with E-state index in [1.807, 2.05) is 24.3 Å². The summed E-state index contributed by atoms with van der Waals surface area (Å²) in [5.41, 5.74) is 1.95. The number of ether oxygens (including phenoxy) is 1. The van der Waals surface area contributed by atoms with Crippen LogP contribution in [0.25, 0.3) is 0 Å². The highest BCUT2D eigenvalue weighted by molar-refractivity contribution is 5.42. The first-order chi connectivity index (χ1) is 9.19. The molecule has 1 aromatic heterocycles. The number of halogens is 1. The zero-order chi connectivity index (χ0) is 13.7. The van der Waals surface area contributed by atoms with E-state index in [1.54, 1.807) is 13.2 Å². The van der Waals surface area contributed by atoms with Crippen molar-refractivity contribution < 1.29 is 9.13 Å². The molecular weight excluding hydrogens is 243 g/mol. The minimum Gasteiger partial charge on any atom is -0.496 e. The number of hydrogen-bond acceptors (Lipinski definition) is 3. The van der Waals surface area contributed by atoms with Gasteiger partial charge in [-0.1, -0.05) is 18.2 Å². The van der Waals surface area contributed by atoms with E-state index in [-0.39, 0.29) is 6.04 Å². The van der Waals surface area contributed by atoms with Crippen molar-refractivity contribution in [2.24, 2.45) is 0 Å². The summed E-state index contributed by atoms with van der Waals surface area (Å²) in [5.74, 6) is 0.413. The zero-order valence-corrected chi connectivity index (χ0v) is 11.1. The second-order valence-corrected chi connectivity index (χ2v) is 4.43. The first-order valence-electron chi connectivity index (χ1n) is 6.19. The lowest BCUT2D eigenvalue weighted by molar-refractivity contribution is 0.409. The van der Waals surface area contributed by atoms with E-state index in [4.69, 9.17) is 4.74 Å². The van der Waals surface area contributed by atoms with Crippen LogP contribution in [0.2, 0.25) is 0 Å². The lowest BCUT2D eigenvalue weighted by Gasteiger charge is -2.16. The fourth-order valence-electron chi connectivity index (χ4n) is 2.00. The van der Waals surface area contributed by atoms with Crippen molar-refractivity contribution in [3.05, 3.63) is 54.1 Å². The van der Waals surface area contributed by atoms with Crippen LogP contribution >= 0.6 is 0 Å². The van der Waals surface area contributed by atoms with Gasteiger partial charge in [0, 0.05) is 6.04 Å². The van der Waals surface area contributed by atoms with Crippen LogP contribution in [-0.2, 0) is 6.42 Å². The van der Waals surface area contributed by atoms with Gasteiger partial charge in [-0.3, -0.25) is 0 Å². The molecule has 3 nitrogen and oxygen atoms in total. The van der Waals surface area contributed by atoms with Crippen molar-refractivity contribution in [3.63, 3.8) is 0 Å². The van der Waals surface area contributed by atoms with Crippen LogP contribution in [0.3, 0.4) is 0 Å². The van der Waals surface area contributed by atoms with Crippen molar-refractivity contribution in [1.82, 2.24) is 4.98 Å². The van der Waals surface area contributed by atoms with Gasteiger partial charge in [0.05, 0.1) is 19.0 Å². The number of aromatic nitrogens is 1. The lowest BCUT2D eigenvalue weighted by Crippen LogP contribution is -2.18. The van der Waals surface area contributed by atoms with E-state index >= 15 is 0 Å². The predicted molar refractivity (Wildman–Crippen MR) is 74.0 cm³/mol. The first kappa shape index (κ1) is 13.3. The number of hydrogen-bond donors (Lipinski definition) is 1. The van der Waals surface area contributed by atoms with E-state index < -0.39 is 5.95 Å². The number of para-hydroxylation sites is 1. The van der Waals surface area contributed by atoms with Gasteiger partial charge in [-0.25, -0.2) is 4.98 Å². The summed E-state index contributed by atoms with van der Waals surface area (Å²) in [7, 11) is 1.67. The standard InChI is InChI=1S/C15H17FN2O/c1-11(18-13-7-8-15(16)17-10-13)9-12-5-3-4-6-14(12)19-2/h3-8,10-11,18H,9H2,1-2H3. The van der Waals surface area contributed by atoms with Crippen molar-refractivity contribution in [2.75, 3.05) is 12.4 Å². The molecule has 0 bridgehead atoms. The molecule has 0 fully saturated rings. The summed E-state index contributed by atoms with van der Waals surface area (Å²) in [5, 5.41) is 3.28. The fourth-order valence-corrected chi connectivity index (χ4v) is 2.00. The molecule has 0 saturated carbocycles. The largest absolute Gasteiger partial charge is 0.496 e. The van der Waals surface area contributed by atoms with Gasteiger partial charge in [0.15, 0.2) is 0 Å². The fraction of sp³-hybridized carbons (Fsp3) is 0.267. The second-order valence-electron chi connectivity index (χ2n) is 4.43. The Kier molecular flexibility index (Phi) is 4.34. The topological polar surface area (TPSA) is 34.1 Å². The van der Waals surface area contributed by atoms with E-state index in [0.717, 1.165) is 23.4 Å². The minimum atomic E-state index is -0.470. The maximum atomic E-state index is 12.7. The molecule has 0 aliphatic carbocycles. The molecular formula is C15H17FN2O. The molecule has 1 N–H and O–H groups in total. The van der Waals surface area contributed by atoms with E-state index in [2.05, 4.69) is 17.2 Å². The molecule has 2 rings (SSSR count). The Morgan fingerprint density at radius 1 is 1.26 bits per heavy atom. The van der Waals surface area contributed by atoms with Gasteiger partial charge >= 0.3 is 0 Å². The molecule has 0 radical (unpaired) electrons. The van der Waals surface area contributed by atoms with Gasteiger partial charge in [-0.05, 0) is 37.1 Å². The van der Waals surface area contributed by atoms with Gasteiger partial charge in [-0.15, -0.1) is 0 Å². The number of nitrogens with one attached hydrogen (secondary N) is 1. The number of rotatable bonds is 5. The lowest BCUT2D eigenvalue weighted by atomic mass is 10.1. The summed E-state index contributed by atoms with van der Waals surface area (Å²) in [4.78, 5) is 3.62. The normalized spacial score (nSPS) is 11.9. The monoisotopic (exact) mass is 260 g/mol. The first-order valence-corrected chi connectivity index (χ1v) is 6.19. The molecule has 4 heteroatoms. The van der Waals surface area contributed by atoms with Crippen molar-refractivity contribution in [1.29, 1.82) is 0 Å². The zero-order valence-electron chi connectivity index (χ0n) is 11.1. The molecule has 19 heavy (non-hydrogen) atoms. The molecule has 1 unspecified atom stereocenters. The van der Waals surface area contributed by atoms with Crippen LogP contribution in [0.1, 0.15) is 12.5 Å². The maximum absolute atomic E-state index is 12.7. The Hall–Kier alpha value is -2.10. The quantitative estimate of drug-likeness (QED) is 0.838. The smallest absolute Gasteiger partial charge is 0.212 e. The van der Waals surface area contributed by atoms with Gasteiger partial charge in [-0.2, -0.15) is 4.39 Å². The van der Waals surface area contributed by atoms with Crippen LogP contribution in [0.15, 0.2) is 42.6 Å². The third kappa shape index (κ3) is 3.68. The van der Waals surface area contributed by atoms with Gasteiger partial charge in [0.25, 0.3) is 0 Å². The number of benzene rings is 1. The minimum absolute atomic E-state index is 0.198. The molecule has 2 aromatic rings. The molecule has 0 aliphatic rings. The number of methoxy groups -OCH3 is 1. The molecule has 1 atom stereocenters. The highest BCUT2D eigenvalue weighted by Crippen LogP contribution is 2.20. The highest BCUT2D eigenvalue weighted by Gasteiger charge is 2.08. The van der Waals surface area contributed by atoms with Crippen LogP contribution in [0.4, 0.5) is 10.1 Å². The maximum Gasteiger partial charge on any atom is 0.212 e. The number of pyridine rings is 1. The highest BCUT2D eigenvalue weighted by atomic mass is 19.1. The summed E-state index contributed by atoms with van der Waals surface area (Å²) in [6.45, 7) is 2.07. The summed E-state index contributed by atoms with van der Waals surface area (Å²) >= 11 is 0. The van der Waals surface area contributed by atoms with Crippen molar-refractivity contribution >= 4 is 5.69 Å². The predicted octanol–water partition coefficient (Wildman–Crippen LogP) is 3.27. The van der Waals surface area contributed by atoms with Crippen LogP contribution in [0, 0.1) is 5.95 Å². The Balaban J connectivity index is 2.01. The Morgan fingerprint density at radius 2 is 2.05 bits per heavy atom. The average molecular weight is 260 g/mol. The van der Waals surface area contributed by atoms with E-state index in [0.29, 0.717) is 0 Å². The SMILES string of the molecule is COc1ccccc1CC(C)Nc1ccc(F)nc1. The average Bonchev–Trinajstić information content (AvgIpc) is 2.42. The third-order valence-electron chi connectivity index (χ3n) is 2.86. The molecule has 0 aliphatic heterocycles. The van der Waals surface area contributed by atoms with Gasteiger partial charge in [0.2, 0.25) is 5.95 Å². The van der Waals surface area contributed by atoms with Crippen molar-refractivity contribution in [3.8, 4) is 5.75 Å². The van der Waals surface area contributed by atoms with Crippen LogP contribution in [-0.4, -0.2) is 18.1 Å². The second kappa shape index (κ2) is 6.18. The van der Waals surface area contributed by atoms with E-state index in [9.17, 15) is 4.39 Å². The van der Waals surface area contributed by atoms with Crippen molar-refractivity contribution in [2.45, 2.75) is 19.4 Å². The molecule has 0 amide bonds. The molecule has 100 valence electrons. The molecule has 1 aromatic carbocycles. The Labute approximate surface area is 112 Å². The van der Waals surface area contributed by atoms with E-state index in [1.165, 1.54) is 12.3 Å². The number of nitrogens with zero attached hydrogens (tertiary/aromatic N) is 1. The molecule has 1 heterocycles. The Morgan fingerprint density at radius 3 is 2.74 bits per heavy atom. The molecule has 0 saturated heterocycles. The van der Waals surface area contributed by atoms with Crippen LogP contribution < -0.4 is 10.1 Å². The number of anilines is 1. The van der Waals surface area contributed by atoms with Gasteiger partial charge < -0.3 is 10.1 Å². The Bertz CT molecular complexity index is 528. The van der Waals surface area contributed by atoms with Gasteiger partial charge in [0.1, 0.15) is 5.75 Å².